The predicted octanol–water partition coefficient (Wildman–Crippen LogP) is 4.50. The SMILES string of the molecule is NC(=O)CCc1nnc(SCc2sc3ccccc3c2Cl)n1Cc1ccco1. The van der Waals surface area contributed by atoms with E-state index in [-0.39, 0.29) is 12.3 Å². The van der Waals surface area contributed by atoms with Crippen molar-refractivity contribution in [3.8, 4) is 0 Å². The highest BCUT2D eigenvalue weighted by Gasteiger charge is 2.17. The summed E-state index contributed by atoms with van der Waals surface area (Å²) in [4.78, 5) is 12.3. The largest absolute Gasteiger partial charge is 0.467 e. The summed E-state index contributed by atoms with van der Waals surface area (Å²) in [5.74, 6) is 1.82. The van der Waals surface area contributed by atoms with Gasteiger partial charge in [0.25, 0.3) is 0 Å². The van der Waals surface area contributed by atoms with Crippen LogP contribution in [0.25, 0.3) is 10.1 Å². The second-order valence-electron chi connectivity index (χ2n) is 6.15. The van der Waals surface area contributed by atoms with Gasteiger partial charge in [0.1, 0.15) is 11.6 Å². The molecular weight excluding hydrogens is 416 g/mol. The Hall–Kier alpha value is -2.29. The number of aryl methyl sites for hydroxylation is 1. The van der Waals surface area contributed by atoms with Gasteiger partial charge in [0, 0.05) is 33.6 Å². The first-order valence-electron chi connectivity index (χ1n) is 8.63. The molecule has 144 valence electrons. The van der Waals surface area contributed by atoms with Crippen LogP contribution in [0.5, 0.6) is 0 Å². The molecule has 0 fully saturated rings. The Morgan fingerprint density at radius 2 is 2.11 bits per heavy atom. The molecule has 0 aliphatic heterocycles. The van der Waals surface area contributed by atoms with Gasteiger partial charge in [0.2, 0.25) is 5.91 Å². The quantitative estimate of drug-likeness (QED) is 0.414. The number of rotatable bonds is 8. The van der Waals surface area contributed by atoms with E-state index in [4.69, 9.17) is 21.8 Å². The van der Waals surface area contributed by atoms with Gasteiger partial charge in [0.15, 0.2) is 5.16 Å². The Kier molecular flexibility index (Phi) is 5.70. The van der Waals surface area contributed by atoms with E-state index in [0.717, 1.165) is 26.2 Å². The fourth-order valence-corrected chi connectivity index (χ4v) is 5.47. The highest BCUT2D eigenvalue weighted by molar-refractivity contribution is 7.98. The monoisotopic (exact) mass is 432 g/mol. The van der Waals surface area contributed by atoms with Crippen LogP contribution in [0, 0.1) is 0 Å². The number of nitrogens with two attached hydrogens (primary N) is 1. The molecule has 0 aliphatic carbocycles. The maximum Gasteiger partial charge on any atom is 0.217 e. The van der Waals surface area contributed by atoms with E-state index < -0.39 is 0 Å². The van der Waals surface area contributed by atoms with Crippen LogP contribution in [0.1, 0.15) is 22.9 Å². The van der Waals surface area contributed by atoms with E-state index >= 15 is 0 Å². The number of fused-ring (bicyclic) bond motifs is 1. The lowest BCUT2D eigenvalue weighted by Crippen LogP contribution is -2.14. The molecule has 4 rings (SSSR count). The van der Waals surface area contributed by atoms with Gasteiger partial charge < -0.3 is 10.2 Å². The van der Waals surface area contributed by atoms with Gasteiger partial charge in [-0.05, 0) is 18.2 Å². The van der Waals surface area contributed by atoms with Crippen molar-refractivity contribution in [2.45, 2.75) is 30.3 Å². The number of carbonyl (C=O) groups is 1. The van der Waals surface area contributed by atoms with Crippen LogP contribution < -0.4 is 5.73 Å². The minimum absolute atomic E-state index is 0.225. The zero-order valence-corrected chi connectivity index (χ0v) is 17.2. The average Bonchev–Trinajstić information content (AvgIpc) is 3.40. The summed E-state index contributed by atoms with van der Waals surface area (Å²) in [5, 5.41) is 11.2. The molecule has 0 radical (unpaired) electrons. The third-order valence-corrected chi connectivity index (χ3v) is 7.11. The van der Waals surface area contributed by atoms with Gasteiger partial charge in [-0.3, -0.25) is 9.36 Å². The van der Waals surface area contributed by atoms with Crippen molar-refractivity contribution in [2.24, 2.45) is 5.73 Å². The Bertz CT molecular complexity index is 1100. The van der Waals surface area contributed by atoms with Crippen LogP contribution in [0.15, 0.2) is 52.2 Å². The second kappa shape index (κ2) is 8.38. The maximum atomic E-state index is 11.2. The lowest BCUT2D eigenvalue weighted by atomic mass is 10.2. The molecular formula is C19H17ClN4O2S2. The molecule has 3 heterocycles. The van der Waals surface area contributed by atoms with Gasteiger partial charge in [-0.2, -0.15) is 0 Å². The highest BCUT2D eigenvalue weighted by Crippen LogP contribution is 2.38. The second-order valence-corrected chi connectivity index (χ2v) is 8.61. The zero-order chi connectivity index (χ0) is 19.5. The number of amides is 1. The number of carbonyl (C=O) groups excluding carboxylic acids is 1. The fourth-order valence-electron chi connectivity index (χ4n) is 2.85. The van der Waals surface area contributed by atoms with Crippen LogP contribution in [0.3, 0.4) is 0 Å². The molecule has 0 saturated heterocycles. The van der Waals surface area contributed by atoms with Crippen LogP contribution in [0.4, 0.5) is 0 Å². The van der Waals surface area contributed by atoms with Crippen LogP contribution in [-0.2, 0) is 23.5 Å². The molecule has 28 heavy (non-hydrogen) atoms. The van der Waals surface area contributed by atoms with Crippen molar-refractivity contribution in [1.29, 1.82) is 0 Å². The number of thiophene rings is 1. The predicted molar refractivity (Wildman–Crippen MR) is 112 cm³/mol. The summed E-state index contributed by atoms with van der Waals surface area (Å²) >= 11 is 9.81. The van der Waals surface area contributed by atoms with E-state index in [2.05, 4.69) is 16.3 Å². The van der Waals surface area contributed by atoms with Gasteiger partial charge in [-0.15, -0.1) is 21.5 Å². The van der Waals surface area contributed by atoms with Gasteiger partial charge in [-0.1, -0.05) is 41.6 Å². The Balaban J connectivity index is 1.57. The first-order chi connectivity index (χ1) is 13.6. The standard InChI is InChI=1S/C19H17ClN4O2S2/c20-18-13-5-1-2-6-14(13)28-15(18)11-27-19-23-22-17(8-7-16(21)25)24(19)10-12-4-3-9-26-12/h1-6,9H,7-8,10-11H2,(H2,21,25). The summed E-state index contributed by atoms with van der Waals surface area (Å²) in [6.07, 6.45) is 2.29. The van der Waals surface area contributed by atoms with Crippen molar-refractivity contribution in [3.05, 3.63) is 64.1 Å². The Labute approximate surface area is 174 Å². The van der Waals surface area contributed by atoms with Crippen LogP contribution in [0.2, 0.25) is 5.02 Å². The third kappa shape index (κ3) is 4.09. The summed E-state index contributed by atoms with van der Waals surface area (Å²) in [6.45, 7) is 0.497. The average molecular weight is 433 g/mol. The fraction of sp³-hybridized carbons (Fsp3) is 0.211. The minimum Gasteiger partial charge on any atom is -0.467 e. The topological polar surface area (TPSA) is 86.9 Å². The van der Waals surface area contributed by atoms with E-state index in [1.807, 2.05) is 34.9 Å². The number of hydrogen-bond donors (Lipinski definition) is 1. The Morgan fingerprint density at radius 3 is 2.86 bits per heavy atom. The van der Waals surface area contributed by atoms with Crippen molar-refractivity contribution < 1.29 is 9.21 Å². The number of nitrogens with zero attached hydrogens (tertiary/aromatic N) is 3. The molecule has 0 aliphatic rings. The molecule has 0 atom stereocenters. The van der Waals surface area contributed by atoms with Crippen LogP contribution in [-0.4, -0.2) is 20.7 Å². The highest BCUT2D eigenvalue weighted by atomic mass is 35.5. The number of halogens is 1. The molecule has 2 N–H and O–H groups in total. The summed E-state index contributed by atoms with van der Waals surface area (Å²) < 4.78 is 8.60. The molecule has 0 bridgehead atoms. The molecule has 9 heteroatoms. The lowest BCUT2D eigenvalue weighted by Gasteiger charge is -2.08. The number of benzene rings is 1. The normalized spacial score (nSPS) is 11.3. The lowest BCUT2D eigenvalue weighted by molar-refractivity contribution is -0.118. The van der Waals surface area contributed by atoms with Gasteiger partial charge in [0.05, 0.1) is 17.8 Å². The number of thioether (sulfide) groups is 1. The van der Waals surface area contributed by atoms with E-state index in [0.29, 0.717) is 24.5 Å². The number of furan rings is 1. The van der Waals surface area contributed by atoms with Gasteiger partial charge in [-0.25, -0.2) is 0 Å². The molecule has 1 aromatic carbocycles. The van der Waals surface area contributed by atoms with Crippen molar-refractivity contribution in [2.75, 3.05) is 0 Å². The molecule has 0 unspecified atom stereocenters. The number of aromatic nitrogens is 3. The first kappa shape index (κ1) is 19.0. The number of hydrogen-bond acceptors (Lipinski definition) is 6. The van der Waals surface area contributed by atoms with Gasteiger partial charge >= 0.3 is 0 Å². The Morgan fingerprint density at radius 1 is 1.25 bits per heavy atom. The van der Waals surface area contributed by atoms with Crippen molar-refractivity contribution in [1.82, 2.24) is 14.8 Å². The van der Waals surface area contributed by atoms with Crippen molar-refractivity contribution in [3.63, 3.8) is 0 Å². The smallest absolute Gasteiger partial charge is 0.217 e. The van der Waals surface area contributed by atoms with E-state index in [1.165, 1.54) is 4.70 Å². The first-order valence-corrected chi connectivity index (χ1v) is 10.8. The molecule has 0 spiro atoms. The summed E-state index contributed by atoms with van der Waals surface area (Å²) in [5.41, 5.74) is 5.29. The van der Waals surface area contributed by atoms with E-state index in [1.54, 1.807) is 29.4 Å². The molecule has 1 amide bonds. The third-order valence-electron chi connectivity index (χ3n) is 4.22. The molecule has 4 aromatic rings. The number of primary amides is 1. The summed E-state index contributed by atoms with van der Waals surface area (Å²) in [7, 11) is 0. The molecule has 6 nitrogen and oxygen atoms in total. The molecule has 0 saturated carbocycles. The minimum atomic E-state index is -0.362. The maximum absolute atomic E-state index is 11.2. The molecule has 3 aromatic heterocycles. The van der Waals surface area contributed by atoms with E-state index in [9.17, 15) is 4.79 Å². The zero-order valence-electron chi connectivity index (χ0n) is 14.8. The van der Waals surface area contributed by atoms with Crippen LogP contribution >= 0.6 is 34.7 Å². The summed E-state index contributed by atoms with van der Waals surface area (Å²) in [6, 6.07) is 11.8. The van der Waals surface area contributed by atoms with Crippen molar-refractivity contribution >= 4 is 50.7 Å².